The molecule has 0 saturated heterocycles. The van der Waals surface area contributed by atoms with Crippen LogP contribution in [0.1, 0.15) is 55.7 Å². The summed E-state index contributed by atoms with van der Waals surface area (Å²) in [5.41, 5.74) is -0.120. The number of ether oxygens (including phenoxy) is 13. The molecule has 6 unspecified atom stereocenters. The van der Waals surface area contributed by atoms with Crippen molar-refractivity contribution in [3.05, 3.63) is 120 Å². The van der Waals surface area contributed by atoms with Gasteiger partial charge in [0, 0.05) is 0 Å². The molecule has 19 heteroatoms. The fourth-order valence-corrected chi connectivity index (χ4v) is 6.16. The monoisotopic (exact) mass is 958 g/mol. The summed E-state index contributed by atoms with van der Waals surface area (Å²) in [7, 11) is 7.06. The lowest BCUT2D eigenvalue weighted by Gasteiger charge is -2.33. The third kappa shape index (κ3) is 14.5. The number of hydrogen-bond donors (Lipinski definition) is 0. The van der Waals surface area contributed by atoms with Crippen LogP contribution < -0.4 is 37.9 Å². The molecule has 69 heavy (non-hydrogen) atoms. The van der Waals surface area contributed by atoms with E-state index in [2.05, 4.69) is 0 Å². The lowest BCUT2D eigenvalue weighted by Crippen LogP contribution is -2.48. The van der Waals surface area contributed by atoms with Gasteiger partial charge >= 0.3 is 29.8 Å². The number of carbonyl (C=O) groups is 5. The molecule has 0 N–H and O–H groups in total. The fourth-order valence-electron chi connectivity index (χ4n) is 6.16. The Balaban J connectivity index is 1.60. The maximum atomic E-state index is 14.3. The van der Waals surface area contributed by atoms with Gasteiger partial charge in [0.05, 0.1) is 35.5 Å². The van der Waals surface area contributed by atoms with Crippen molar-refractivity contribution < 1.29 is 90.0 Å². The first-order chi connectivity index (χ1) is 33.0. The number of rotatable bonds is 24. The van der Waals surface area contributed by atoms with E-state index in [4.69, 9.17) is 66.0 Å². The predicted octanol–water partition coefficient (Wildman–Crippen LogP) is 7.19. The molecular formula is C50H54O19. The molecule has 6 atom stereocenters. The van der Waals surface area contributed by atoms with Crippen LogP contribution in [0.3, 0.4) is 0 Å². The molecular weight excluding hydrogens is 905 g/mol. The van der Waals surface area contributed by atoms with Gasteiger partial charge < -0.3 is 66.0 Å². The first-order valence-corrected chi connectivity index (χ1v) is 21.3. The number of furan rings is 1. The standard InChI is InChI=1S/C50H54O19/c1-28-41(49(55)60-10)27-42(65-28)43(66-45(51)29(2)61-37-19-11-33(56-6)12-20-37)44(67-46(52)30(3)62-38-21-13-34(57-7)14-22-38)50(68-47(53)31(4)63-39-23-15-35(58-8)16-24-39)69-48(54)32(5)64-40-25-17-36(59-9)18-26-40/h11-27,29-32,43-44,50H,1-10H3. The second kappa shape index (κ2) is 24.6. The number of aryl methyl sites for hydroxylation is 1. The van der Waals surface area contributed by atoms with Gasteiger partial charge in [-0.25, -0.2) is 24.0 Å². The summed E-state index contributed by atoms with van der Waals surface area (Å²) in [4.78, 5) is 69.6. The summed E-state index contributed by atoms with van der Waals surface area (Å²) in [6.07, 6.45) is -12.1. The third-order valence-corrected chi connectivity index (χ3v) is 9.97. The van der Waals surface area contributed by atoms with Crippen molar-refractivity contribution in [1.29, 1.82) is 0 Å². The zero-order valence-corrected chi connectivity index (χ0v) is 39.6. The van der Waals surface area contributed by atoms with Crippen molar-refractivity contribution in [2.75, 3.05) is 35.5 Å². The molecule has 1 heterocycles. The smallest absolute Gasteiger partial charge is 0.350 e. The van der Waals surface area contributed by atoms with Gasteiger partial charge in [-0.05, 0) is 138 Å². The minimum Gasteiger partial charge on any atom is -0.497 e. The molecule has 0 aliphatic heterocycles. The van der Waals surface area contributed by atoms with E-state index < -0.39 is 72.8 Å². The molecule has 0 aliphatic rings. The zero-order valence-electron chi connectivity index (χ0n) is 39.6. The van der Waals surface area contributed by atoms with Crippen LogP contribution in [0.5, 0.6) is 46.0 Å². The Morgan fingerprint density at radius 3 is 1.01 bits per heavy atom. The highest BCUT2D eigenvalue weighted by Crippen LogP contribution is 2.34. The lowest BCUT2D eigenvalue weighted by molar-refractivity contribution is -0.238. The summed E-state index contributed by atoms with van der Waals surface area (Å²) in [6, 6.07) is 26.3. The third-order valence-electron chi connectivity index (χ3n) is 9.97. The quantitative estimate of drug-likeness (QED) is 0.0339. The summed E-state index contributed by atoms with van der Waals surface area (Å²) in [5, 5.41) is 0. The van der Waals surface area contributed by atoms with Crippen molar-refractivity contribution in [2.24, 2.45) is 0 Å². The maximum Gasteiger partial charge on any atom is 0.350 e. The van der Waals surface area contributed by atoms with Gasteiger partial charge in [-0.3, -0.25) is 0 Å². The van der Waals surface area contributed by atoms with Crippen LogP contribution in [0.15, 0.2) is 108 Å². The average molecular weight is 959 g/mol. The Hall–Kier alpha value is -8.09. The lowest BCUT2D eigenvalue weighted by atomic mass is 10.1. The summed E-state index contributed by atoms with van der Waals surface area (Å²) in [5.74, 6) is -2.78. The van der Waals surface area contributed by atoms with E-state index in [1.54, 1.807) is 60.7 Å². The Bertz CT molecular complexity index is 2390. The van der Waals surface area contributed by atoms with Gasteiger partial charge in [-0.15, -0.1) is 0 Å². The van der Waals surface area contributed by atoms with Crippen LogP contribution in [0.2, 0.25) is 0 Å². The first-order valence-electron chi connectivity index (χ1n) is 21.3. The van der Waals surface area contributed by atoms with E-state index in [-0.39, 0.29) is 40.1 Å². The number of methoxy groups -OCH3 is 5. The van der Waals surface area contributed by atoms with Crippen molar-refractivity contribution >= 4 is 29.8 Å². The van der Waals surface area contributed by atoms with Crippen LogP contribution >= 0.6 is 0 Å². The van der Waals surface area contributed by atoms with E-state index in [1.807, 2.05) is 0 Å². The maximum absolute atomic E-state index is 14.3. The first kappa shape index (κ1) is 51.9. The van der Waals surface area contributed by atoms with Crippen LogP contribution in [-0.2, 0) is 42.9 Å². The molecule has 0 saturated carbocycles. The van der Waals surface area contributed by atoms with E-state index in [9.17, 15) is 24.0 Å². The Labute approximate surface area is 398 Å². The average Bonchev–Trinajstić information content (AvgIpc) is 3.75. The second-order valence-electron chi connectivity index (χ2n) is 14.9. The molecule has 0 spiro atoms. The molecule has 0 bridgehead atoms. The molecule has 1 aromatic heterocycles. The molecule has 4 aromatic carbocycles. The van der Waals surface area contributed by atoms with Gasteiger partial charge in [0.1, 0.15) is 63.1 Å². The van der Waals surface area contributed by atoms with Crippen molar-refractivity contribution in [3.63, 3.8) is 0 Å². The van der Waals surface area contributed by atoms with Crippen molar-refractivity contribution in [3.8, 4) is 46.0 Å². The number of hydrogen-bond acceptors (Lipinski definition) is 19. The number of benzene rings is 4. The van der Waals surface area contributed by atoms with Gasteiger partial charge in [0.15, 0.2) is 24.4 Å². The minimum absolute atomic E-state index is 0.0183. The molecule has 0 fully saturated rings. The summed E-state index contributed by atoms with van der Waals surface area (Å²) in [6.45, 7) is 6.84. The highest BCUT2D eigenvalue weighted by atomic mass is 16.8. The van der Waals surface area contributed by atoms with Gasteiger partial charge in [-0.2, -0.15) is 0 Å². The topological polar surface area (TPSA) is 218 Å². The van der Waals surface area contributed by atoms with Crippen molar-refractivity contribution in [2.45, 2.75) is 77.5 Å². The molecule has 5 aromatic rings. The van der Waals surface area contributed by atoms with Gasteiger partial charge in [-0.1, -0.05) is 0 Å². The van der Waals surface area contributed by atoms with E-state index >= 15 is 0 Å². The summed E-state index contributed by atoms with van der Waals surface area (Å²) >= 11 is 0. The van der Waals surface area contributed by atoms with Crippen LogP contribution in [-0.4, -0.2) is 102 Å². The highest BCUT2D eigenvalue weighted by molar-refractivity contribution is 5.90. The SMILES string of the molecule is COC(=O)c1cc(C(OC(=O)C(C)Oc2ccc(OC)cc2)C(OC(=O)C(C)Oc2ccc(OC)cc2)C(OC(=O)C(C)Oc2ccc(OC)cc2)OC(=O)C(C)Oc2ccc(OC)cc2)oc1C. The predicted molar refractivity (Wildman–Crippen MR) is 242 cm³/mol. The Kier molecular flexibility index (Phi) is 18.5. The zero-order chi connectivity index (χ0) is 50.2. The molecule has 19 nitrogen and oxygen atoms in total. The highest BCUT2D eigenvalue weighted by Gasteiger charge is 2.46. The van der Waals surface area contributed by atoms with E-state index in [0.717, 1.165) is 13.2 Å². The fraction of sp³-hybridized carbons (Fsp3) is 0.340. The van der Waals surface area contributed by atoms with Crippen LogP contribution in [0, 0.1) is 6.92 Å². The Morgan fingerprint density at radius 2 is 0.710 bits per heavy atom. The second-order valence-corrected chi connectivity index (χ2v) is 14.9. The van der Waals surface area contributed by atoms with E-state index in [1.165, 1.54) is 99.5 Å². The number of carbonyl (C=O) groups excluding carboxylic acids is 5. The molecule has 0 aliphatic carbocycles. The largest absolute Gasteiger partial charge is 0.497 e. The molecule has 0 radical (unpaired) electrons. The van der Waals surface area contributed by atoms with Crippen LogP contribution in [0.25, 0.3) is 0 Å². The van der Waals surface area contributed by atoms with E-state index in [0.29, 0.717) is 23.0 Å². The van der Waals surface area contributed by atoms with Gasteiger partial charge in [0.25, 0.3) is 6.29 Å². The minimum atomic E-state index is -2.30. The Morgan fingerprint density at radius 1 is 0.420 bits per heavy atom. The molecule has 5 rings (SSSR count). The molecule has 368 valence electrons. The normalized spacial score (nSPS) is 13.8. The summed E-state index contributed by atoms with van der Waals surface area (Å²) < 4.78 is 79.2. The number of esters is 5. The van der Waals surface area contributed by atoms with Gasteiger partial charge in [0.2, 0.25) is 12.2 Å². The van der Waals surface area contributed by atoms with Crippen molar-refractivity contribution in [1.82, 2.24) is 0 Å². The van der Waals surface area contributed by atoms with Crippen LogP contribution in [0.4, 0.5) is 0 Å². The molecule has 0 amide bonds.